The number of phenolic OH excluding ortho intramolecular Hbond substituents is 1. The highest BCUT2D eigenvalue weighted by Gasteiger charge is 2.43. The summed E-state index contributed by atoms with van der Waals surface area (Å²) in [6.45, 7) is 5.08. The number of nitrogens with one attached hydrogen (secondary N) is 5. The summed E-state index contributed by atoms with van der Waals surface area (Å²) in [6.07, 6.45) is 5.42. The number of aliphatic hydroxyl groups is 1. The first-order valence-electron chi connectivity index (χ1n) is 29.0. The average molecular weight is 1200 g/mol. The van der Waals surface area contributed by atoms with Crippen molar-refractivity contribution in [1.82, 2.24) is 45.5 Å². The Morgan fingerprint density at radius 1 is 0.884 bits per heavy atom. The van der Waals surface area contributed by atoms with Crippen molar-refractivity contribution >= 4 is 47.5 Å². The number of nitrogens with two attached hydrogens (primary N) is 1. The van der Waals surface area contributed by atoms with Gasteiger partial charge in [-0.25, -0.2) is 36.9 Å². The van der Waals surface area contributed by atoms with Crippen molar-refractivity contribution in [3.63, 3.8) is 0 Å². The second kappa shape index (κ2) is 31.2. The third-order valence-corrected chi connectivity index (χ3v) is 15.3. The zero-order chi connectivity index (χ0) is 62.0. The van der Waals surface area contributed by atoms with E-state index < -0.39 is 103 Å². The molecule has 6 unspecified atom stereocenters. The predicted octanol–water partition coefficient (Wildman–Crippen LogP) is 6.16. The summed E-state index contributed by atoms with van der Waals surface area (Å²) >= 11 is 0. The number of aliphatic hydroxyl groups excluding tert-OH is 1. The Labute approximate surface area is 496 Å². The van der Waals surface area contributed by atoms with Crippen LogP contribution in [0.2, 0.25) is 0 Å². The summed E-state index contributed by atoms with van der Waals surface area (Å²) in [6, 6.07) is 7.14. The molecule has 26 heteroatoms. The fraction of sp³-hybridized carbons (Fsp3) is 0.500. The van der Waals surface area contributed by atoms with Crippen LogP contribution in [0.5, 0.6) is 5.75 Å². The standard InChI is InChI=1S/C60H77F4N11O11/c1-36(2)53(71-51(78)10-5-4-6-21-72-22-8-11-52(72)79)57(81)70-49(9-7-20-66-58(65)82)56(80)68-44-15-12-38(13-16-44)35-86-60(84)74-30-41(48(64)32-74)31-75(59(83)67-37(3)34-76)54(40-18-23-85-24-19-40)55-69-50(46-28-42(61)14-17-47(46)63)33-73(55)29-39-25-43(62)27-45(77)26-39/h8,11-17,25-28,33,36-37,40-41,48-49,53-54,76-77H,4-7,9-10,18-24,29-32,34-35H2,1-3H3,(H,67,83)(H,68,80)(H,70,81)(H,71,78)(H3,65,66,82). The number of likely N-dealkylation sites (tertiary alicyclic amines) is 1. The molecular weight excluding hydrogens is 1130 g/mol. The van der Waals surface area contributed by atoms with Gasteiger partial charge in [-0.05, 0) is 111 Å². The van der Waals surface area contributed by atoms with E-state index in [2.05, 4.69) is 26.6 Å². The van der Waals surface area contributed by atoms with E-state index in [-0.39, 0.29) is 111 Å². The third-order valence-electron chi connectivity index (χ3n) is 15.3. The molecule has 2 fully saturated rings. The van der Waals surface area contributed by atoms with Crippen LogP contribution in [0.1, 0.15) is 95.1 Å². The van der Waals surface area contributed by atoms with Gasteiger partial charge in [0, 0.05) is 94.4 Å². The van der Waals surface area contributed by atoms with E-state index >= 15 is 8.78 Å². The van der Waals surface area contributed by atoms with Crippen molar-refractivity contribution in [2.45, 2.75) is 116 Å². The van der Waals surface area contributed by atoms with Gasteiger partial charge < -0.3 is 71.3 Å². The van der Waals surface area contributed by atoms with Gasteiger partial charge in [-0.1, -0.05) is 38.5 Å². The van der Waals surface area contributed by atoms with Gasteiger partial charge in [-0.3, -0.25) is 19.2 Å². The Morgan fingerprint density at radius 2 is 1.64 bits per heavy atom. The van der Waals surface area contributed by atoms with Crippen molar-refractivity contribution in [3.8, 4) is 17.0 Å². The summed E-state index contributed by atoms with van der Waals surface area (Å²) in [5, 5.41) is 33.9. The van der Waals surface area contributed by atoms with Crippen molar-refractivity contribution in [2.75, 3.05) is 64.4 Å². The molecule has 0 aliphatic carbocycles. The first-order chi connectivity index (χ1) is 41.1. The molecule has 9 N–H and O–H groups in total. The maximum atomic E-state index is 16.5. The summed E-state index contributed by atoms with van der Waals surface area (Å²) < 4.78 is 74.2. The first-order valence-corrected chi connectivity index (χ1v) is 29.0. The smallest absolute Gasteiger partial charge is 0.410 e. The number of amides is 9. The normalized spacial score (nSPS) is 17.4. The lowest BCUT2D eigenvalue weighted by Gasteiger charge is -2.40. The van der Waals surface area contributed by atoms with Gasteiger partial charge >= 0.3 is 18.2 Å². The molecule has 6 atom stereocenters. The number of aromatic nitrogens is 2. The van der Waals surface area contributed by atoms with Gasteiger partial charge in [0.15, 0.2) is 0 Å². The first kappa shape index (κ1) is 65.3. The number of ether oxygens (including phenoxy) is 2. The van der Waals surface area contributed by atoms with E-state index in [1.165, 1.54) is 34.2 Å². The van der Waals surface area contributed by atoms with Crippen LogP contribution in [-0.2, 0) is 41.8 Å². The largest absolute Gasteiger partial charge is 0.508 e. The fourth-order valence-electron chi connectivity index (χ4n) is 10.7. The van der Waals surface area contributed by atoms with Crippen LogP contribution in [-0.4, -0.2) is 160 Å². The predicted molar refractivity (Wildman–Crippen MR) is 308 cm³/mol. The minimum absolute atomic E-state index is 0.0280. The Morgan fingerprint density at radius 3 is 2.33 bits per heavy atom. The number of rotatable bonds is 28. The number of aromatic hydroxyl groups is 1. The lowest BCUT2D eigenvalue weighted by atomic mass is 9.89. The minimum atomic E-state index is -1.68. The summed E-state index contributed by atoms with van der Waals surface area (Å²) in [4.78, 5) is 101. The molecule has 3 aliphatic rings. The maximum Gasteiger partial charge on any atom is 0.410 e. The number of carbonyl (C=O) groups excluding carboxylic acids is 7. The molecule has 86 heavy (non-hydrogen) atoms. The second-order valence-corrected chi connectivity index (χ2v) is 22.3. The monoisotopic (exact) mass is 1200 g/mol. The highest BCUT2D eigenvalue weighted by molar-refractivity contribution is 5.98. The molecule has 466 valence electrons. The number of nitrogens with zero attached hydrogens (tertiary/aromatic N) is 5. The van der Waals surface area contributed by atoms with Crippen molar-refractivity contribution < 1.29 is 70.8 Å². The molecule has 3 aromatic carbocycles. The van der Waals surface area contributed by atoms with Crippen LogP contribution in [0.3, 0.4) is 0 Å². The SMILES string of the molecule is CC(CO)NC(=O)N(CC1CN(C(=O)OCc2ccc(NC(=O)C(CCCNC(N)=O)NC(=O)C(NC(=O)CCCCCN3CC=CC3=O)C(C)C)cc2)CC1F)C(c1nc(-c2cc(F)ccc2F)cn1Cc1cc(O)cc(F)c1)C1CCOCC1. The molecule has 0 saturated carbocycles. The van der Waals surface area contributed by atoms with Crippen LogP contribution < -0.4 is 32.3 Å². The van der Waals surface area contributed by atoms with Crippen molar-refractivity contribution in [2.24, 2.45) is 23.5 Å². The molecule has 1 aromatic heterocycles. The number of hydrogen-bond donors (Lipinski definition) is 8. The number of benzene rings is 3. The van der Waals surface area contributed by atoms with E-state index in [9.17, 15) is 52.6 Å². The highest BCUT2D eigenvalue weighted by Crippen LogP contribution is 2.39. The maximum absolute atomic E-state index is 16.5. The molecule has 7 rings (SSSR count). The number of primary amides is 1. The van der Waals surface area contributed by atoms with Gasteiger partial charge in [-0.15, -0.1) is 0 Å². The average Bonchev–Trinajstić information content (AvgIpc) is 1.84. The molecule has 0 radical (unpaired) electrons. The zero-order valence-electron chi connectivity index (χ0n) is 48.5. The zero-order valence-corrected chi connectivity index (χ0v) is 48.5. The number of imidazole rings is 1. The third kappa shape index (κ3) is 18.6. The van der Waals surface area contributed by atoms with Gasteiger partial charge in [-0.2, -0.15) is 0 Å². The molecule has 4 aromatic rings. The number of carbonyl (C=O) groups is 7. The van der Waals surface area contributed by atoms with Gasteiger partial charge in [0.1, 0.15) is 53.9 Å². The summed E-state index contributed by atoms with van der Waals surface area (Å²) in [5.41, 5.74) is 6.06. The number of urea groups is 2. The van der Waals surface area contributed by atoms with E-state index in [0.717, 1.165) is 30.7 Å². The second-order valence-electron chi connectivity index (χ2n) is 22.3. The molecule has 3 aliphatic heterocycles. The van der Waals surface area contributed by atoms with Crippen LogP contribution >= 0.6 is 0 Å². The number of anilines is 1. The molecule has 4 heterocycles. The Balaban J connectivity index is 1.01. The van der Waals surface area contributed by atoms with Crippen LogP contribution in [0.25, 0.3) is 11.3 Å². The quantitative estimate of drug-likeness (QED) is 0.0234. The molecule has 0 bridgehead atoms. The number of phenols is 1. The van der Waals surface area contributed by atoms with E-state index in [4.69, 9.17) is 20.2 Å². The van der Waals surface area contributed by atoms with E-state index in [1.54, 1.807) is 60.6 Å². The molecule has 22 nitrogen and oxygen atoms in total. The van der Waals surface area contributed by atoms with Crippen molar-refractivity contribution in [1.29, 1.82) is 0 Å². The summed E-state index contributed by atoms with van der Waals surface area (Å²) in [5.74, 6) is -5.89. The number of alkyl halides is 1. The molecule has 0 spiro atoms. The Hall–Kier alpha value is -8.26. The lowest BCUT2D eigenvalue weighted by Crippen LogP contribution is -2.54. The topological polar surface area (TPSA) is 292 Å². The molecular formula is C60H77F4N11O11. The van der Waals surface area contributed by atoms with Gasteiger partial charge in [0.25, 0.3) is 0 Å². The van der Waals surface area contributed by atoms with Crippen LogP contribution in [0, 0.1) is 35.2 Å². The minimum Gasteiger partial charge on any atom is -0.508 e. The molecule has 9 amide bonds. The van der Waals surface area contributed by atoms with E-state index in [1.807, 2.05) is 0 Å². The van der Waals surface area contributed by atoms with Crippen LogP contribution in [0.4, 0.5) is 37.6 Å². The number of halogens is 4. The molecule has 2 saturated heterocycles. The highest BCUT2D eigenvalue weighted by atomic mass is 19.1. The summed E-state index contributed by atoms with van der Waals surface area (Å²) in [7, 11) is 0. The fourth-order valence-corrected chi connectivity index (χ4v) is 10.7. The van der Waals surface area contributed by atoms with Crippen LogP contribution in [0.15, 0.2) is 79.0 Å². The van der Waals surface area contributed by atoms with E-state index in [0.29, 0.717) is 50.0 Å². The van der Waals surface area contributed by atoms with Gasteiger partial charge in [0.05, 0.1) is 30.9 Å². The van der Waals surface area contributed by atoms with Crippen molar-refractivity contribution in [3.05, 3.63) is 113 Å². The Bertz CT molecular complexity index is 3020. The Kier molecular flexibility index (Phi) is 23.7. The lowest BCUT2D eigenvalue weighted by molar-refractivity contribution is -0.132. The van der Waals surface area contributed by atoms with Gasteiger partial charge in [0.2, 0.25) is 23.6 Å². The number of hydrogen-bond acceptors (Lipinski definition) is 12. The number of unbranched alkanes of at least 4 members (excludes halogenated alkanes) is 2.